The molecule has 4 nitrogen and oxygen atoms in total. The number of aliphatic imine (C=N–C) groups is 1. The number of hydrogen-bond acceptors (Lipinski definition) is 3. The Balaban J connectivity index is 1.96. The van der Waals surface area contributed by atoms with Crippen LogP contribution in [0.15, 0.2) is 53.5 Å². The van der Waals surface area contributed by atoms with Gasteiger partial charge in [0.05, 0.1) is 0 Å². The van der Waals surface area contributed by atoms with Crippen LogP contribution >= 0.6 is 11.6 Å². The lowest BCUT2D eigenvalue weighted by atomic mass is 10.1. The van der Waals surface area contributed by atoms with E-state index in [1.54, 1.807) is 38.1 Å². The van der Waals surface area contributed by atoms with Crippen molar-refractivity contribution in [3.8, 4) is 0 Å². The van der Waals surface area contributed by atoms with E-state index in [-0.39, 0.29) is 11.3 Å². The average Bonchev–Trinajstić information content (AvgIpc) is 2.78. The molecule has 2 amide bonds. The number of hydrogen-bond donors (Lipinski definition) is 0. The molecule has 1 aliphatic rings. The molecule has 0 bridgehead atoms. The molecule has 2 aromatic carbocycles. The number of halogens is 2. The number of rotatable bonds is 2. The van der Waals surface area contributed by atoms with Crippen LogP contribution in [0.25, 0.3) is 0 Å². The van der Waals surface area contributed by atoms with Crippen LogP contribution in [0.1, 0.15) is 29.8 Å². The van der Waals surface area contributed by atoms with Gasteiger partial charge in [0, 0.05) is 16.1 Å². The van der Waals surface area contributed by atoms with E-state index in [0.717, 1.165) is 4.90 Å². The monoisotopic (exact) mass is 344 g/mol. The Kier molecular flexibility index (Phi) is 3.97. The molecule has 24 heavy (non-hydrogen) atoms. The summed E-state index contributed by atoms with van der Waals surface area (Å²) < 4.78 is 13.0. The number of benzene rings is 2. The summed E-state index contributed by atoms with van der Waals surface area (Å²) in [5, 5.41) is 0.545. The summed E-state index contributed by atoms with van der Waals surface area (Å²) >= 11 is 5.86. The van der Waals surface area contributed by atoms with Gasteiger partial charge in [0.2, 0.25) is 0 Å². The Hall–Kier alpha value is -2.53. The van der Waals surface area contributed by atoms with Gasteiger partial charge in [-0.2, -0.15) is 0 Å². The van der Waals surface area contributed by atoms with Crippen molar-refractivity contribution in [2.75, 3.05) is 0 Å². The minimum absolute atomic E-state index is 0.201. The summed E-state index contributed by atoms with van der Waals surface area (Å²) in [6.07, 6.45) is 0. The fraction of sp³-hybridized carbons (Fsp3) is 0.167. The summed E-state index contributed by atoms with van der Waals surface area (Å²) in [5.74, 6) is -1.45. The Morgan fingerprint density at radius 2 is 1.67 bits per heavy atom. The third-order valence-electron chi connectivity index (χ3n) is 3.75. The first-order valence-electron chi connectivity index (χ1n) is 7.30. The number of imide groups is 1. The fourth-order valence-electron chi connectivity index (χ4n) is 2.58. The molecule has 0 radical (unpaired) electrons. The van der Waals surface area contributed by atoms with Crippen molar-refractivity contribution in [3.63, 3.8) is 0 Å². The molecule has 0 saturated heterocycles. The summed E-state index contributed by atoms with van der Waals surface area (Å²) in [5.41, 5.74) is -0.0123. The Labute approximate surface area is 143 Å². The molecular weight excluding hydrogens is 331 g/mol. The topological polar surface area (TPSA) is 49.7 Å². The summed E-state index contributed by atoms with van der Waals surface area (Å²) in [6.45, 7) is 3.35. The van der Waals surface area contributed by atoms with Crippen molar-refractivity contribution < 1.29 is 14.0 Å². The van der Waals surface area contributed by atoms with Crippen LogP contribution in [-0.4, -0.2) is 28.1 Å². The van der Waals surface area contributed by atoms with Crippen molar-refractivity contribution in [1.82, 2.24) is 4.90 Å². The Morgan fingerprint density at radius 3 is 2.25 bits per heavy atom. The van der Waals surface area contributed by atoms with E-state index in [4.69, 9.17) is 11.6 Å². The number of carbonyl (C=O) groups is 2. The predicted molar refractivity (Wildman–Crippen MR) is 89.6 cm³/mol. The maximum absolute atomic E-state index is 13.0. The summed E-state index contributed by atoms with van der Waals surface area (Å²) in [6, 6.07) is 11.7. The van der Waals surface area contributed by atoms with E-state index in [1.165, 1.54) is 24.3 Å². The largest absolute Gasteiger partial charge is 0.281 e. The van der Waals surface area contributed by atoms with Gasteiger partial charge in [0.1, 0.15) is 17.2 Å². The molecule has 1 heterocycles. The van der Waals surface area contributed by atoms with E-state index < -0.39 is 23.3 Å². The SMILES string of the molecule is CC1(C)N=C(c2ccc(Cl)cc2)C(=O)N1C(=O)c1ccc(F)cc1. The molecule has 0 fully saturated rings. The fourth-order valence-corrected chi connectivity index (χ4v) is 2.71. The van der Waals surface area contributed by atoms with Crippen LogP contribution in [0.3, 0.4) is 0 Å². The molecule has 0 unspecified atom stereocenters. The highest BCUT2D eigenvalue weighted by Gasteiger charge is 2.44. The van der Waals surface area contributed by atoms with Crippen LogP contribution in [0.5, 0.6) is 0 Å². The second-order valence-corrected chi connectivity index (χ2v) is 6.35. The van der Waals surface area contributed by atoms with Gasteiger partial charge in [-0.3, -0.25) is 14.6 Å². The van der Waals surface area contributed by atoms with Gasteiger partial charge in [-0.05, 0) is 50.2 Å². The van der Waals surface area contributed by atoms with Gasteiger partial charge in [0.15, 0.2) is 0 Å². The molecule has 0 spiro atoms. The van der Waals surface area contributed by atoms with Crippen LogP contribution in [-0.2, 0) is 4.79 Å². The highest BCUT2D eigenvalue weighted by Crippen LogP contribution is 2.28. The first-order chi connectivity index (χ1) is 11.3. The Morgan fingerprint density at radius 1 is 1.08 bits per heavy atom. The molecule has 6 heteroatoms. The Bertz CT molecular complexity index is 842. The summed E-state index contributed by atoms with van der Waals surface area (Å²) in [4.78, 5) is 30.9. The minimum Gasteiger partial charge on any atom is -0.269 e. The zero-order valence-electron chi connectivity index (χ0n) is 13.1. The van der Waals surface area contributed by atoms with E-state index in [2.05, 4.69) is 4.99 Å². The lowest BCUT2D eigenvalue weighted by molar-refractivity contribution is -0.123. The zero-order chi connectivity index (χ0) is 17.5. The normalized spacial score (nSPS) is 16.2. The number of nitrogens with zero attached hydrogens (tertiary/aromatic N) is 2. The maximum Gasteiger partial charge on any atom is 0.281 e. The minimum atomic E-state index is -1.03. The zero-order valence-corrected chi connectivity index (χ0v) is 13.8. The standard InChI is InChI=1S/C18H14ClFN2O2/c1-18(2)21-15(11-3-7-13(19)8-4-11)17(24)22(18)16(23)12-5-9-14(20)10-6-12/h3-10H,1-2H3. The molecule has 122 valence electrons. The van der Waals surface area contributed by atoms with Gasteiger partial charge in [-0.15, -0.1) is 0 Å². The van der Waals surface area contributed by atoms with Crippen LogP contribution in [0, 0.1) is 5.82 Å². The highest BCUT2D eigenvalue weighted by molar-refractivity contribution is 6.49. The summed E-state index contributed by atoms with van der Waals surface area (Å²) in [7, 11) is 0. The third-order valence-corrected chi connectivity index (χ3v) is 4.00. The molecular formula is C18H14ClFN2O2. The third kappa shape index (κ3) is 2.83. The van der Waals surface area contributed by atoms with Gasteiger partial charge >= 0.3 is 0 Å². The molecule has 0 N–H and O–H groups in total. The molecule has 3 rings (SSSR count). The molecule has 1 aliphatic heterocycles. The molecule has 0 atom stereocenters. The number of carbonyl (C=O) groups excluding carboxylic acids is 2. The van der Waals surface area contributed by atoms with Gasteiger partial charge in [-0.25, -0.2) is 9.29 Å². The second-order valence-electron chi connectivity index (χ2n) is 5.91. The van der Waals surface area contributed by atoms with Crippen molar-refractivity contribution >= 4 is 29.1 Å². The first-order valence-corrected chi connectivity index (χ1v) is 7.67. The van der Waals surface area contributed by atoms with E-state index in [0.29, 0.717) is 10.6 Å². The van der Waals surface area contributed by atoms with Crippen molar-refractivity contribution in [3.05, 3.63) is 70.5 Å². The first kappa shape index (κ1) is 16.3. The molecule has 0 aliphatic carbocycles. The average molecular weight is 345 g/mol. The quantitative estimate of drug-likeness (QED) is 0.780. The molecule has 0 saturated carbocycles. The lowest BCUT2D eigenvalue weighted by Crippen LogP contribution is -2.46. The number of amides is 2. The van der Waals surface area contributed by atoms with Crippen LogP contribution in [0.2, 0.25) is 5.02 Å². The van der Waals surface area contributed by atoms with Gasteiger partial charge in [0.25, 0.3) is 11.8 Å². The second kappa shape index (κ2) is 5.83. The molecule has 0 aromatic heterocycles. The van der Waals surface area contributed by atoms with Crippen LogP contribution in [0.4, 0.5) is 4.39 Å². The van der Waals surface area contributed by atoms with Crippen molar-refractivity contribution in [1.29, 1.82) is 0 Å². The smallest absolute Gasteiger partial charge is 0.269 e. The van der Waals surface area contributed by atoms with E-state index >= 15 is 0 Å². The van der Waals surface area contributed by atoms with Gasteiger partial charge < -0.3 is 0 Å². The van der Waals surface area contributed by atoms with Gasteiger partial charge in [-0.1, -0.05) is 23.7 Å². The maximum atomic E-state index is 13.0. The van der Waals surface area contributed by atoms with E-state index in [9.17, 15) is 14.0 Å². The van der Waals surface area contributed by atoms with E-state index in [1.807, 2.05) is 0 Å². The highest BCUT2D eigenvalue weighted by atomic mass is 35.5. The predicted octanol–water partition coefficient (Wildman–Crippen LogP) is 3.69. The van der Waals surface area contributed by atoms with Crippen molar-refractivity contribution in [2.45, 2.75) is 19.5 Å². The van der Waals surface area contributed by atoms with Crippen LogP contribution < -0.4 is 0 Å². The van der Waals surface area contributed by atoms with Crippen molar-refractivity contribution in [2.24, 2.45) is 4.99 Å². The molecule has 2 aromatic rings. The lowest BCUT2D eigenvalue weighted by Gasteiger charge is -2.27.